The third-order valence-corrected chi connectivity index (χ3v) is 5.82. The van der Waals surface area contributed by atoms with Crippen LogP contribution in [-0.4, -0.2) is 0 Å². The zero-order chi connectivity index (χ0) is 23.2. The fraction of sp³-hybridized carbons (Fsp3) is 0.0968. The largest absolute Gasteiger partial charge is 0.489 e. The Bertz CT molecular complexity index is 1360. The van der Waals surface area contributed by atoms with Gasteiger partial charge in [-0.25, -0.2) is 0 Å². The van der Waals surface area contributed by atoms with Gasteiger partial charge in [0, 0.05) is 17.8 Å². The molecule has 0 amide bonds. The molecule has 168 valence electrons. The fourth-order valence-corrected chi connectivity index (χ4v) is 3.93. The van der Waals surface area contributed by atoms with Crippen molar-refractivity contribution in [2.75, 3.05) is 5.32 Å². The van der Waals surface area contributed by atoms with Gasteiger partial charge in [0.1, 0.15) is 23.9 Å². The number of fused-ring (bicyclic) bond motifs is 1. The number of rotatable bonds is 8. The van der Waals surface area contributed by atoms with E-state index in [9.17, 15) is 0 Å². The topological polar surface area (TPSA) is 30.5 Å². The van der Waals surface area contributed by atoms with Crippen molar-refractivity contribution in [1.82, 2.24) is 0 Å². The first kappa shape index (κ1) is 21.6. The highest BCUT2D eigenvalue weighted by Crippen LogP contribution is 2.30. The lowest BCUT2D eigenvalue weighted by atomic mass is 10.0. The third-order valence-electron chi connectivity index (χ3n) is 5.82. The van der Waals surface area contributed by atoms with E-state index in [1.807, 2.05) is 54.6 Å². The summed E-state index contributed by atoms with van der Waals surface area (Å²) in [4.78, 5) is 0. The van der Waals surface area contributed by atoms with Gasteiger partial charge in [-0.05, 0) is 65.7 Å². The van der Waals surface area contributed by atoms with Crippen LogP contribution >= 0.6 is 0 Å². The monoisotopic (exact) mass is 445 g/mol. The summed E-state index contributed by atoms with van der Waals surface area (Å²) in [5.74, 6) is 2.54. The molecule has 0 aliphatic rings. The van der Waals surface area contributed by atoms with Gasteiger partial charge in [-0.3, -0.25) is 0 Å². The summed E-state index contributed by atoms with van der Waals surface area (Å²) in [5, 5.41) is 5.95. The van der Waals surface area contributed by atoms with Crippen molar-refractivity contribution in [3.05, 3.63) is 132 Å². The lowest BCUT2D eigenvalue weighted by Crippen LogP contribution is -2.04. The van der Waals surface area contributed by atoms with Crippen LogP contribution < -0.4 is 14.8 Å². The van der Waals surface area contributed by atoms with Crippen LogP contribution in [0.1, 0.15) is 16.7 Å². The Morgan fingerprint density at radius 3 is 2.15 bits per heavy atom. The van der Waals surface area contributed by atoms with Crippen molar-refractivity contribution in [1.29, 1.82) is 0 Å². The number of nitrogens with one attached hydrogen (secondary N) is 1. The number of anilines is 1. The molecule has 0 aliphatic heterocycles. The van der Waals surface area contributed by atoms with Gasteiger partial charge >= 0.3 is 0 Å². The zero-order valence-electron chi connectivity index (χ0n) is 19.2. The van der Waals surface area contributed by atoms with E-state index in [1.165, 1.54) is 16.3 Å². The molecule has 5 rings (SSSR count). The molecule has 5 aromatic rings. The van der Waals surface area contributed by atoms with Gasteiger partial charge in [0.2, 0.25) is 0 Å². The van der Waals surface area contributed by atoms with Crippen LogP contribution in [0.15, 0.2) is 115 Å². The molecule has 0 aromatic heterocycles. The number of hydrogen-bond acceptors (Lipinski definition) is 3. The summed E-state index contributed by atoms with van der Waals surface area (Å²) in [6, 6.07) is 38.9. The van der Waals surface area contributed by atoms with Crippen LogP contribution in [0.2, 0.25) is 0 Å². The fourth-order valence-electron chi connectivity index (χ4n) is 3.93. The van der Waals surface area contributed by atoms with Crippen molar-refractivity contribution >= 4 is 16.5 Å². The highest BCUT2D eigenvalue weighted by Gasteiger charge is 2.10. The minimum atomic E-state index is 0.539. The molecule has 1 N–H and O–H groups in total. The van der Waals surface area contributed by atoms with Crippen molar-refractivity contribution < 1.29 is 9.47 Å². The smallest absolute Gasteiger partial charge is 0.127 e. The average Bonchev–Trinajstić information content (AvgIpc) is 2.89. The number of ether oxygens (including phenoxy) is 2. The van der Waals surface area contributed by atoms with Crippen LogP contribution in [-0.2, 0) is 13.2 Å². The minimum absolute atomic E-state index is 0.539. The summed E-state index contributed by atoms with van der Waals surface area (Å²) in [6.45, 7) is 3.29. The molecule has 0 aliphatic carbocycles. The van der Waals surface area contributed by atoms with Gasteiger partial charge in [0.15, 0.2) is 0 Å². The van der Waals surface area contributed by atoms with E-state index in [0.29, 0.717) is 13.2 Å². The Hall–Kier alpha value is -4.24. The Balaban J connectivity index is 1.32. The highest BCUT2D eigenvalue weighted by molar-refractivity contribution is 5.88. The first-order valence-electron chi connectivity index (χ1n) is 11.5. The highest BCUT2D eigenvalue weighted by atomic mass is 16.5. The van der Waals surface area contributed by atoms with Gasteiger partial charge in [-0.15, -0.1) is 0 Å². The van der Waals surface area contributed by atoms with E-state index < -0.39 is 0 Å². The predicted octanol–water partition coefficient (Wildman–Crippen LogP) is 8.13. The second-order valence-electron chi connectivity index (χ2n) is 8.33. The van der Waals surface area contributed by atoms with Gasteiger partial charge in [-0.1, -0.05) is 78.4 Å². The molecular formula is C31H27NO2. The van der Waals surface area contributed by atoms with E-state index in [4.69, 9.17) is 9.47 Å². The van der Waals surface area contributed by atoms with Crippen molar-refractivity contribution in [2.45, 2.75) is 20.1 Å². The number of aryl methyl sites for hydroxylation is 1. The molecule has 0 heterocycles. The minimum Gasteiger partial charge on any atom is -0.489 e. The SMILES string of the molecule is Cc1ccc(COc2ccc3ccccc3c2CNc2ccc(Oc3ccccc3)cc2)cc1. The van der Waals surface area contributed by atoms with Gasteiger partial charge in [0.25, 0.3) is 0 Å². The maximum Gasteiger partial charge on any atom is 0.127 e. The Morgan fingerprint density at radius 1 is 0.647 bits per heavy atom. The first-order chi connectivity index (χ1) is 16.7. The number of para-hydroxylation sites is 1. The number of hydrogen-bond donors (Lipinski definition) is 1. The normalized spacial score (nSPS) is 10.7. The van der Waals surface area contributed by atoms with Crippen molar-refractivity contribution in [3.8, 4) is 17.2 Å². The van der Waals surface area contributed by atoms with Crippen LogP contribution in [0.4, 0.5) is 5.69 Å². The van der Waals surface area contributed by atoms with Crippen molar-refractivity contribution in [2.24, 2.45) is 0 Å². The number of benzene rings is 5. The molecule has 34 heavy (non-hydrogen) atoms. The summed E-state index contributed by atoms with van der Waals surface area (Å²) in [6.07, 6.45) is 0. The molecule has 5 aromatic carbocycles. The molecule has 0 fully saturated rings. The van der Waals surface area contributed by atoms with E-state index in [1.54, 1.807) is 0 Å². The molecule has 0 saturated carbocycles. The van der Waals surface area contributed by atoms with E-state index in [0.717, 1.165) is 34.1 Å². The lowest BCUT2D eigenvalue weighted by molar-refractivity contribution is 0.304. The molecule has 3 heteroatoms. The molecule has 0 bridgehead atoms. The second kappa shape index (κ2) is 10.1. The summed E-state index contributed by atoms with van der Waals surface area (Å²) >= 11 is 0. The van der Waals surface area contributed by atoms with Crippen molar-refractivity contribution in [3.63, 3.8) is 0 Å². The quantitative estimate of drug-likeness (QED) is 0.261. The summed E-state index contributed by atoms with van der Waals surface area (Å²) in [7, 11) is 0. The van der Waals surface area contributed by atoms with Gasteiger partial charge in [0.05, 0.1) is 0 Å². The Kier molecular flexibility index (Phi) is 6.44. The van der Waals surface area contributed by atoms with Gasteiger partial charge < -0.3 is 14.8 Å². The maximum absolute atomic E-state index is 6.29. The zero-order valence-corrected chi connectivity index (χ0v) is 19.2. The van der Waals surface area contributed by atoms with E-state index in [2.05, 4.69) is 72.9 Å². The van der Waals surface area contributed by atoms with Gasteiger partial charge in [-0.2, -0.15) is 0 Å². The summed E-state index contributed by atoms with van der Waals surface area (Å²) < 4.78 is 12.2. The predicted molar refractivity (Wildman–Crippen MR) is 140 cm³/mol. The molecule has 3 nitrogen and oxygen atoms in total. The Morgan fingerprint density at radius 2 is 1.35 bits per heavy atom. The van der Waals surface area contributed by atoms with Crippen LogP contribution in [0.5, 0.6) is 17.2 Å². The molecule has 0 spiro atoms. The Labute approximate surface area is 200 Å². The maximum atomic E-state index is 6.29. The second-order valence-corrected chi connectivity index (χ2v) is 8.33. The van der Waals surface area contributed by atoms with E-state index >= 15 is 0 Å². The molecule has 0 saturated heterocycles. The molecule has 0 radical (unpaired) electrons. The van der Waals surface area contributed by atoms with Crippen LogP contribution in [0.3, 0.4) is 0 Å². The molecule has 0 atom stereocenters. The average molecular weight is 446 g/mol. The first-order valence-corrected chi connectivity index (χ1v) is 11.5. The van der Waals surface area contributed by atoms with Crippen LogP contribution in [0.25, 0.3) is 10.8 Å². The standard InChI is InChI=1S/C31H27NO2/c1-23-11-13-24(14-12-23)22-33-31-20-15-25-7-5-6-10-29(25)30(31)21-32-26-16-18-28(19-17-26)34-27-8-3-2-4-9-27/h2-20,32H,21-22H2,1H3. The lowest BCUT2D eigenvalue weighted by Gasteiger charge is -2.16. The van der Waals surface area contributed by atoms with Crippen LogP contribution in [0, 0.1) is 6.92 Å². The summed E-state index contributed by atoms with van der Waals surface area (Å²) in [5.41, 5.74) is 4.58. The molecular weight excluding hydrogens is 418 g/mol. The third kappa shape index (κ3) is 5.21. The van der Waals surface area contributed by atoms with E-state index in [-0.39, 0.29) is 0 Å². The molecule has 0 unspecified atom stereocenters.